The Hall–Kier alpha value is -1.91. The standard InChI is InChI=1S/C39H71NO4/c1-4-6-8-10-12-14-16-18-20-22-24-26-28-30-32-34-37(41)40(36(3)39(43)44)38(42)35-33-31-29-27-25-23-21-19-17-15-13-11-9-7-5-2/h18-21,36H,4-17,22-35H2,1-3H3,(H,43,44)/b20-18-,21-19-. The fourth-order valence-corrected chi connectivity index (χ4v) is 5.62. The molecule has 0 aliphatic heterocycles. The van der Waals surface area contributed by atoms with Crippen LogP contribution in [0.2, 0.25) is 0 Å². The number of imide groups is 1. The van der Waals surface area contributed by atoms with E-state index in [4.69, 9.17) is 0 Å². The van der Waals surface area contributed by atoms with E-state index in [0.29, 0.717) is 12.8 Å². The summed E-state index contributed by atoms with van der Waals surface area (Å²) in [6, 6.07) is -1.11. The molecule has 0 aromatic rings. The predicted octanol–water partition coefficient (Wildman–Crippen LogP) is 11.9. The summed E-state index contributed by atoms with van der Waals surface area (Å²) in [7, 11) is 0. The maximum absolute atomic E-state index is 12.9. The van der Waals surface area contributed by atoms with Crippen LogP contribution < -0.4 is 0 Å². The van der Waals surface area contributed by atoms with E-state index >= 15 is 0 Å². The molecular formula is C39H71NO4. The van der Waals surface area contributed by atoms with Gasteiger partial charge in [-0.15, -0.1) is 0 Å². The summed E-state index contributed by atoms with van der Waals surface area (Å²) in [5.41, 5.74) is 0. The summed E-state index contributed by atoms with van der Waals surface area (Å²) in [4.78, 5) is 38.3. The van der Waals surface area contributed by atoms with E-state index in [1.807, 2.05) is 0 Å². The van der Waals surface area contributed by atoms with Crippen LogP contribution in [-0.2, 0) is 14.4 Å². The Balaban J connectivity index is 3.99. The molecule has 0 saturated carbocycles. The number of amides is 2. The number of nitrogens with zero attached hydrogens (tertiary/aromatic N) is 1. The number of carbonyl (C=O) groups is 3. The molecule has 5 nitrogen and oxygen atoms in total. The topological polar surface area (TPSA) is 74.7 Å². The second kappa shape index (κ2) is 32.5. The van der Waals surface area contributed by atoms with Gasteiger partial charge in [0.2, 0.25) is 11.8 Å². The zero-order chi connectivity index (χ0) is 32.5. The van der Waals surface area contributed by atoms with Gasteiger partial charge in [-0.1, -0.05) is 141 Å². The average Bonchev–Trinajstić information content (AvgIpc) is 3.01. The highest BCUT2D eigenvalue weighted by atomic mass is 16.4. The van der Waals surface area contributed by atoms with Crippen LogP contribution in [0.3, 0.4) is 0 Å². The number of allylic oxidation sites excluding steroid dienone is 4. The van der Waals surface area contributed by atoms with Gasteiger partial charge in [-0.2, -0.15) is 0 Å². The molecule has 0 aromatic heterocycles. The fourth-order valence-electron chi connectivity index (χ4n) is 5.62. The van der Waals surface area contributed by atoms with Crippen molar-refractivity contribution >= 4 is 17.8 Å². The first-order chi connectivity index (χ1) is 21.5. The monoisotopic (exact) mass is 618 g/mol. The van der Waals surface area contributed by atoms with E-state index in [9.17, 15) is 19.5 Å². The Morgan fingerprint density at radius 1 is 0.477 bits per heavy atom. The van der Waals surface area contributed by atoms with Crippen LogP contribution in [0.5, 0.6) is 0 Å². The summed E-state index contributed by atoms with van der Waals surface area (Å²) in [5, 5.41) is 9.50. The van der Waals surface area contributed by atoms with E-state index in [1.54, 1.807) is 0 Å². The largest absolute Gasteiger partial charge is 0.480 e. The lowest BCUT2D eigenvalue weighted by molar-refractivity contribution is -0.157. The molecule has 0 saturated heterocycles. The molecule has 0 aromatic carbocycles. The molecule has 5 heteroatoms. The van der Waals surface area contributed by atoms with Crippen molar-refractivity contribution in [2.24, 2.45) is 0 Å². The SMILES string of the molecule is CCCCCCCC/C=C\CCCCCCCC(=O)N(C(=O)CCCCCCC/C=C\CCCCCCCC)C(C)C(=O)O. The maximum atomic E-state index is 12.9. The lowest BCUT2D eigenvalue weighted by Crippen LogP contribution is -2.47. The summed E-state index contributed by atoms with van der Waals surface area (Å²) in [5.74, 6) is -1.80. The van der Waals surface area contributed by atoms with E-state index in [1.165, 1.54) is 96.8 Å². The number of aliphatic carboxylic acids is 1. The molecule has 0 heterocycles. The highest BCUT2D eigenvalue weighted by Crippen LogP contribution is 2.15. The zero-order valence-corrected chi connectivity index (χ0v) is 29.3. The number of rotatable bonds is 32. The minimum absolute atomic E-state index is 0.244. The summed E-state index contributed by atoms with van der Waals surface area (Å²) in [6.45, 7) is 5.95. The number of carbonyl (C=O) groups excluding carboxylic acids is 2. The first kappa shape index (κ1) is 42.1. The normalized spacial score (nSPS) is 12.3. The highest BCUT2D eigenvalue weighted by molar-refractivity contribution is 5.99. The van der Waals surface area contributed by atoms with E-state index in [0.717, 1.165) is 69.1 Å². The molecule has 2 amide bonds. The Morgan fingerprint density at radius 3 is 1.05 bits per heavy atom. The van der Waals surface area contributed by atoms with Gasteiger partial charge in [0.05, 0.1) is 0 Å². The number of carboxylic acids is 1. The third-order valence-corrected chi connectivity index (χ3v) is 8.59. The summed E-state index contributed by atoms with van der Waals surface area (Å²) in [6.07, 6.45) is 40.5. The van der Waals surface area contributed by atoms with Gasteiger partial charge in [-0.05, 0) is 71.1 Å². The van der Waals surface area contributed by atoms with Gasteiger partial charge < -0.3 is 5.11 Å². The molecule has 0 rings (SSSR count). The molecule has 1 N–H and O–H groups in total. The zero-order valence-electron chi connectivity index (χ0n) is 29.3. The second-order valence-electron chi connectivity index (χ2n) is 12.8. The molecule has 44 heavy (non-hydrogen) atoms. The minimum Gasteiger partial charge on any atom is -0.480 e. The molecule has 0 radical (unpaired) electrons. The Morgan fingerprint density at radius 2 is 0.750 bits per heavy atom. The van der Waals surface area contributed by atoms with E-state index in [2.05, 4.69) is 38.2 Å². The van der Waals surface area contributed by atoms with Crippen LogP contribution in [0, 0.1) is 0 Å². The molecule has 0 aliphatic carbocycles. The van der Waals surface area contributed by atoms with Gasteiger partial charge in [-0.3, -0.25) is 14.5 Å². The van der Waals surface area contributed by atoms with Gasteiger partial charge in [0.15, 0.2) is 0 Å². The predicted molar refractivity (Wildman–Crippen MR) is 188 cm³/mol. The van der Waals surface area contributed by atoms with Gasteiger partial charge >= 0.3 is 5.97 Å². The van der Waals surface area contributed by atoms with Crippen molar-refractivity contribution < 1.29 is 19.5 Å². The van der Waals surface area contributed by atoms with Crippen molar-refractivity contribution in [1.82, 2.24) is 4.90 Å². The third-order valence-electron chi connectivity index (χ3n) is 8.59. The molecule has 0 spiro atoms. The Bertz CT molecular complexity index is 692. The van der Waals surface area contributed by atoms with Crippen LogP contribution in [0.1, 0.15) is 201 Å². The van der Waals surface area contributed by atoms with Crippen LogP contribution in [0.25, 0.3) is 0 Å². The van der Waals surface area contributed by atoms with Crippen molar-refractivity contribution in [2.45, 2.75) is 207 Å². The van der Waals surface area contributed by atoms with Gasteiger partial charge in [-0.25, -0.2) is 4.79 Å². The lowest BCUT2D eigenvalue weighted by atomic mass is 10.1. The highest BCUT2D eigenvalue weighted by Gasteiger charge is 2.30. The average molecular weight is 618 g/mol. The summed E-state index contributed by atoms with van der Waals surface area (Å²) >= 11 is 0. The molecule has 0 fully saturated rings. The second-order valence-corrected chi connectivity index (χ2v) is 12.8. The molecule has 256 valence electrons. The van der Waals surface area contributed by atoms with Crippen molar-refractivity contribution in [3.05, 3.63) is 24.3 Å². The number of hydrogen-bond acceptors (Lipinski definition) is 3. The first-order valence-electron chi connectivity index (χ1n) is 18.8. The quantitative estimate of drug-likeness (QED) is 0.0602. The van der Waals surface area contributed by atoms with Gasteiger partial charge in [0.1, 0.15) is 6.04 Å². The van der Waals surface area contributed by atoms with Crippen LogP contribution in [0.4, 0.5) is 0 Å². The maximum Gasteiger partial charge on any atom is 0.326 e. The van der Waals surface area contributed by atoms with Crippen LogP contribution in [0.15, 0.2) is 24.3 Å². The van der Waals surface area contributed by atoms with Gasteiger partial charge in [0.25, 0.3) is 0 Å². The molecule has 1 atom stereocenters. The third kappa shape index (κ3) is 26.5. The van der Waals surface area contributed by atoms with E-state index in [-0.39, 0.29) is 24.7 Å². The fraction of sp³-hybridized carbons (Fsp3) is 0.821. The molecular weight excluding hydrogens is 546 g/mol. The number of hydrogen-bond donors (Lipinski definition) is 1. The first-order valence-corrected chi connectivity index (χ1v) is 18.8. The lowest BCUT2D eigenvalue weighted by Gasteiger charge is -2.25. The molecule has 1 unspecified atom stereocenters. The summed E-state index contributed by atoms with van der Waals surface area (Å²) < 4.78 is 0. The van der Waals surface area contributed by atoms with Crippen LogP contribution >= 0.6 is 0 Å². The van der Waals surface area contributed by atoms with E-state index < -0.39 is 12.0 Å². The number of carboxylic acid groups (broad SMARTS) is 1. The van der Waals surface area contributed by atoms with Crippen molar-refractivity contribution in [1.29, 1.82) is 0 Å². The van der Waals surface area contributed by atoms with Crippen molar-refractivity contribution in [2.75, 3.05) is 0 Å². The molecule has 0 aliphatic rings. The Kier molecular flexibility index (Phi) is 31.1. The molecule has 0 bridgehead atoms. The number of unbranched alkanes of at least 4 members (excludes halogenated alkanes) is 22. The van der Waals surface area contributed by atoms with Crippen LogP contribution in [-0.4, -0.2) is 33.8 Å². The van der Waals surface area contributed by atoms with Gasteiger partial charge in [0, 0.05) is 12.8 Å². The van der Waals surface area contributed by atoms with Crippen molar-refractivity contribution in [3.8, 4) is 0 Å². The Labute approximate surface area is 272 Å². The smallest absolute Gasteiger partial charge is 0.326 e. The minimum atomic E-state index is -1.12. The van der Waals surface area contributed by atoms with Crippen molar-refractivity contribution in [3.63, 3.8) is 0 Å².